The van der Waals surface area contributed by atoms with E-state index in [1.165, 1.54) is 4.90 Å². The predicted octanol–water partition coefficient (Wildman–Crippen LogP) is 7.20. The van der Waals surface area contributed by atoms with Gasteiger partial charge >= 0.3 is 0 Å². The summed E-state index contributed by atoms with van der Waals surface area (Å²) in [4.78, 5) is 28.6. The fourth-order valence-corrected chi connectivity index (χ4v) is 4.89. The van der Waals surface area contributed by atoms with Crippen LogP contribution in [0.3, 0.4) is 0 Å². The minimum Gasteiger partial charge on any atom is -0.482 e. The second kappa shape index (κ2) is 14.1. The van der Waals surface area contributed by atoms with E-state index in [2.05, 4.69) is 21.2 Å². The van der Waals surface area contributed by atoms with Crippen LogP contribution in [-0.4, -0.2) is 35.9 Å². The van der Waals surface area contributed by atoms with Gasteiger partial charge in [-0.2, -0.15) is 0 Å². The van der Waals surface area contributed by atoms with Crippen molar-refractivity contribution in [3.63, 3.8) is 0 Å². The molecule has 5 nitrogen and oxygen atoms in total. The molecule has 37 heavy (non-hydrogen) atoms. The molecule has 0 unspecified atom stereocenters. The molecule has 0 saturated carbocycles. The number of hydrogen-bond acceptors (Lipinski definition) is 3. The summed E-state index contributed by atoms with van der Waals surface area (Å²) in [7, 11) is 0. The number of carbonyl (C=O) groups excluding carboxylic acids is 2. The first kappa shape index (κ1) is 29.3. The van der Waals surface area contributed by atoms with Gasteiger partial charge in [-0.25, -0.2) is 0 Å². The number of benzene rings is 3. The number of hydrogen-bond donors (Lipinski definition) is 1. The number of ether oxygens (including phenoxy) is 1. The average Bonchev–Trinajstić information content (AvgIpc) is 2.86. The molecule has 1 atom stereocenters. The lowest BCUT2D eigenvalue weighted by atomic mass is 10.0. The summed E-state index contributed by atoms with van der Waals surface area (Å²) in [5, 5.41) is 4.15. The van der Waals surface area contributed by atoms with Crippen molar-refractivity contribution in [1.29, 1.82) is 0 Å². The van der Waals surface area contributed by atoms with Crippen molar-refractivity contribution in [2.75, 3.05) is 13.2 Å². The number of halogens is 4. The van der Waals surface area contributed by atoms with Crippen molar-refractivity contribution in [2.24, 2.45) is 5.92 Å². The van der Waals surface area contributed by atoms with Crippen LogP contribution in [0, 0.1) is 5.92 Å². The van der Waals surface area contributed by atoms with Crippen LogP contribution in [0.25, 0.3) is 0 Å². The second-order valence-corrected chi connectivity index (χ2v) is 11.1. The van der Waals surface area contributed by atoms with Gasteiger partial charge in [0.2, 0.25) is 5.91 Å². The van der Waals surface area contributed by atoms with Crippen LogP contribution < -0.4 is 10.1 Å². The molecule has 0 fully saturated rings. The lowest BCUT2D eigenvalue weighted by molar-refractivity contribution is -0.142. The Bertz CT molecular complexity index is 1200. The summed E-state index contributed by atoms with van der Waals surface area (Å²) < 4.78 is 6.56. The molecule has 0 aromatic heterocycles. The highest BCUT2D eigenvalue weighted by Gasteiger charge is 2.31. The summed E-state index contributed by atoms with van der Waals surface area (Å²) in [6, 6.07) is 19.0. The minimum absolute atomic E-state index is 0.0291. The molecular weight excluding hydrogens is 599 g/mol. The van der Waals surface area contributed by atoms with Crippen molar-refractivity contribution in [3.8, 4) is 5.75 Å². The molecular formula is C28H28BrCl3N2O3. The zero-order chi connectivity index (χ0) is 26.9. The SMILES string of the molecule is CC(C)CNC(=O)[C@@H](Cc1ccccc1)N(Cc1c(Cl)cccc1Cl)C(=O)COc1ccc(Br)cc1Cl. The Morgan fingerprint density at radius 3 is 2.24 bits per heavy atom. The molecule has 0 spiro atoms. The average molecular weight is 627 g/mol. The maximum Gasteiger partial charge on any atom is 0.261 e. The van der Waals surface area contributed by atoms with E-state index in [0.717, 1.165) is 10.0 Å². The number of nitrogens with zero attached hydrogens (tertiary/aromatic N) is 1. The monoisotopic (exact) mass is 624 g/mol. The molecule has 0 heterocycles. The highest BCUT2D eigenvalue weighted by molar-refractivity contribution is 9.10. The van der Waals surface area contributed by atoms with Gasteiger partial charge in [-0.15, -0.1) is 0 Å². The first-order valence-corrected chi connectivity index (χ1v) is 13.7. The lowest BCUT2D eigenvalue weighted by Gasteiger charge is -2.32. The van der Waals surface area contributed by atoms with Gasteiger partial charge in [0.25, 0.3) is 5.91 Å². The summed E-state index contributed by atoms with van der Waals surface area (Å²) in [5.74, 6) is -0.0736. The van der Waals surface area contributed by atoms with Crippen molar-refractivity contribution < 1.29 is 14.3 Å². The number of amides is 2. The van der Waals surface area contributed by atoms with Crippen molar-refractivity contribution in [2.45, 2.75) is 32.9 Å². The molecule has 3 aromatic carbocycles. The Kier molecular flexibility index (Phi) is 11.1. The van der Waals surface area contributed by atoms with E-state index in [-0.39, 0.29) is 25.0 Å². The number of rotatable bonds is 11. The molecule has 3 aromatic rings. The van der Waals surface area contributed by atoms with Crippen LogP contribution >= 0.6 is 50.7 Å². The standard InChI is InChI=1S/C28H28BrCl3N2O3/c1-18(2)15-33-28(36)25(13-19-7-4-3-5-8-19)34(16-21-22(30)9-6-10-23(21)31)27(35)17-37-26-12-11-20(29)14-24(26)32/h3-12,14,18,25H,13,15-17H2,1-2H3,(H,33,36)/t25-/m1/s1. The molecule has 0 radical (unpaired) electrons. The molecule has 1 N–H and O–H groups in total. The van der Waals surface area contributed by atoms with E-state index < -0.39 is 11.9 Å². The molecule has 0 bridgehead atoms. The third-order valence-electron chi connectivity index (χ3n) is 5.59. The maximum absolute atomic E-state index is 13.7. The van der Waals surface area contributed by atoms with E-state index in [1.54, 1.807) is 36.4 Å². The van der Waals surface area contributed by atoms with Gasteiger partial charge in [-0.3, -0.25) is 9.59 Å². The zero-order valence-electron chi connectivity index (χ0n) is 20.5. The Morgan fingerprint density at radius 1 is 0.946 bits per heavy atom. The third kappa shape index (κ3) is 8.64. The maximum atomic E-state index is 13.7. The fraction of sp³-hybridized carbons (Fsp3) is 0.286. The second-order valence-electron chi connectivity index (χ2n) is 8.93. The normalized spacial score (nSPS) is 11.8. The van der Waals surface area contributed by atoms with E-state index >= 15 is 0 Å². The molecule has 0 aliphatic carbocycles. The van der Waals surface area contributed by atoms with E-state index in [0.29, 0.717) is 39.3 Å². The van der Waals surface area contributed by atoms with Crippen LogP contribution in [0.15, 0.2) is 71.2 Å². The summed E-state index contributed by atoms with van der Waals surface area (Å²) in [6.45, 7) is 4.20. The highest BCUT2D eigenvalue weighted by atomic mass is 79.9. The minimum atomic E-state index is -0.829. The Labute approximate surface area is 241 Å². The van der Waals surface area contributed by atoms with Crippen molar-refractivity contribution in [3.05, 3.63) is 97.4 Å². The van der Waals surface area contributed by atoms with E-state index in [4.69, 9.17) is 39.5 Å². The van der Waals surface area contributed by atoms with Crippen LogP contribution in [0.2, 0.25) is 15.1 Å². The molecule has 9 heteroatoms. The summed E-state index contributed by atoms with van der Waals surface area (Å²) in [5.41, 5.74) is 1.46. The van der Waals surface area contributed by atoms with Gasteiger partial charge in [0.15, 0.2) is 6.61 Å². The van der Waals surface area contributed by atoms with Gasteiger partial charge in [0, 0.05) is 39.6 Å². The number of carbonyl (C=O) groups is 2. The summed E-state index contributed by atoms with van der Waals surface area (Å²) in [6.07, 6.45) is 0.303. The van der Waals surface area contributed by atoms with Crippen molar-refractivity contribution >= 4 is 62.5 Å². The van der Waals surface area contributed by atoms with Gasteiger partial charge in [-0.05, 0) is 41.8 Å². The molecule has 196 valence electrons. The van der Waals surface area contributed by atoms with Crippen LogP contribution in [-0.2, 0) is 22.6 Å². The first-order valence-electron chi connectivity index (χ1n) is 11.8. The lowest BCUT2D eigenvalue weighted by Crippen LogP contribution is -2.52. The first-order chi connectivity index (χ1) is 17.7. The Balaban J connectivity index is 1.96. The van der Waals surface area contributed by atoms with Crippen molar-refractivity contribution in [1.82, 2.24) is 10.2 Å². The molecule has 3 rings (SSSR count). The highest BCUT2D eigenvalue weighted by Crippen LogP contribution is 2.29. The molecule has 2 amide bonds. The van der Waals surface area contributed by atoms with Gasteiger partial charge < -0.3 is 15.0 Å². The largest absolute Gasteiger partial charge is 0.482 e. The van der Waals surface area contributed by atoms with Gasteiger partial charge in [-0.1, -0.05) is 101 Å². The number of nitrogens with one attached hydrogen (secondary N) is 1. The zero-order valence-corrected chi connectivity index (χ0v) is 24.4. The third-order valence-corrected chi connectivity index (χ3v) is 7.09. The van der Waals surface area contributed by atoms with Gasteiger partial charge in [0.05, 0.1) is 5.02 Å². The van der Waals surface area contributed by atoms with E-state index in [1.807, 2.05) is 44.2 Å². The smallest absolute Gasteiger partial charge is 0.261 e. The van der Waals surface area contributed by atoms with E-state index in [9.17, 15) is 9.59 Å². The quantitative estimate of drug-likeness (QED) is 0.245. The molecule has 0 saturated heterocycles. The van der Waals surface area contributed by atoms with Crippen LogP contribution in [0.4, 0.5) is 0 Å². The Hall–Kier alpha value is -2.25. The fourth-order valence-electron chi connectivity index (χ4n) is 3.64. The Morgan fingerprint density at radius 2 is 1.62 bits per heavy atom. The van der Waals surface area contributed by atoms with Gasteiger partial charge in [0.1, 0.15) is 11.8 Å². The molecule has 0 aliphatic heterocycles. The predicted molar refractivity (Wildman–Crippen MR) is 153 cm³/mol. The topological polar surface area (TPSA) is 58.6 Å². The van der Waals surface area contributed by atoms with Crippen LogP contribution in [0.5, 0.6) is 5.75 Å². The van der Waals surface area contributed by atoms with Crippen LogP contribution in [0.1, 0.15) is 25.0 Å². The molecule has 0 aliphatic rings. The summed E-state index contributed by atoms with van der Waals surface area (Å²) >= 11 is 22.5.